The molecule has 1 aromatic carbocycles. The zero-order valence-electron chi connectivity index (χ0n) is 20.9. The van der Waals surface area contributed by atoms with Crippen molar-refractivity contribution in [3.63, 3.8) is 0 Å². The van der Waals surface area contributed by atoms with Gasteiger partial charge in [-0.15, -0.1) is 18.9 Å². The van der Waals surface area contributed by atoms with Gasteiger partial charge in [-0.2, -0.15) is 0 Å². The predicted octanol–water partition coefficient (Wildman–Crippen LogP) is 1.86. The maximum atomic E-state index is 13.2. The number of amides is 4. The van der Waals surface area contributed by atoms with Crippen molar-refractivity contribution in [2.45, 2.75) is 71.0 Å². The predicted molar refractivity (Wildman–Crippen MR) is 137 cm³/mol. The Morgan fingerprint density at radius 2 is 1.63 bits per heavy atom. The van der Waals surface area contributed by atoms with E-state index in [9.17, 15) is 19.2 Å². The number of hydrogen-bond donors (Lipinski definition) is 4. The van der Waals surface area contributed by atoms with E-state index in [0.29, 0.717) is 19.3 Å². The summed E-state index contributed by atoms with van der Waals surface area (Å²) in [6, 6.07) is 6.79. The Hall–Kier alpha value is -3.60. The van der Waals surface area contributed by atoms with Crippen molar-refractivity contribution >= 4 is 23.6 Å². The number of hydrogen-bond acceptors (Lipinski definition) is 4. The molecule has 8 heteroatoms. The number of terminal acetylenes is 1. The summed E-state index contributed by atoms with van der Waals surface area (Å²) in [5, 5.41) is 10.8. The van der Waals surface area contributed by atoms with Crippen molar-refractivity contribution in [2.24, 2.45) is 5.92 Å². The maximum Gasteiger partial charge on any atom is 0.243 e. The molecule has 0 aliphatic rings. The van der Waals surface area contributed by atoms with Crippen molar-refractivity contribution in [3.05, 3.63) is 48.6 Å². The molecule has 0 unspecified atom stereocenters. The van der Waals surface area contributed by atoms with Crippen LogP contribution >= 0.6 is 0 Å². The summed E-state index contributed by atoms with van der Waals surface area (Å²) in [6.45, 7) is 9.26. The first kappa shape index (κ1) is 29.4. The Morgan fingerprint density at radius 3 is 2.23 bits per heavy atom. The Balaban J connectivity index is 2.96. The lowest BCUT2D eigenvalue weighted by Crippen LogP contribution is -2.56. The minimum absolute atomic E-state index is 0.0990. The van der Waals surface area contributed by atoms with Gasteiger partial charge in [-0.1, -0.05) is 50.3 Å². The molecule has 0 saturated heterocycles. The van der Waals surface area contributed by atoms with Crippen molar-refractivity contribution in [1.29, 1.82) is 0 Å². The zero-order valence-corrected chi connectivity index (χ0v) is 20.9. The molecule has 8 nitrogen and oxygen atoms in total. The van der Waals surface area contributed by atoms with Crippen LogP contribution in [0, 0.1) is 18.3 Å². The Labute approximate surface area is 208 Å². The first-order valence-corrected chi connectivity index (χ1v) is 11.9. The molecule has 0 aliphatic heterocycles. The van der Waals surface area contributed by atoms with Gasteiger partial charge in [-0.05, 0) is 31.2 Å². The molecular weight excluding hydrogens is 444 g/mol. The minimum Gasteiger partial charge on any atom is -0.351 e. The fraction of sp³-hybridized carbons (Fsp3) is 0.481. The van der Waals surface area contributed by atoms with Gasteiger partial charge < -0.3 is 21.3 Å². The fourth-order valence-corrected chi connectivity index (χ4v) is 3.36. The lowest BCUT2D eigenvalue weighted by molar-refractivity contribution is -0.133. The molecule has 0 fully saturated rings. The average molecular weight is 483 g/mol. The molecule has 0 spiro atoms. The molecule has 0 bridgehead atoms. The Kier molecular flexibility index (Phi) is 13.5. The number of rotatable bonds is 15. The second-order valence-corrected chi connectivity index (χ2v) is 8.82. The van der Waals surface area contributed by atoms with Crippen LogP contribution in [0.4, 0.5) is 0 Å². The number of carbonyl (C=O) groups is 4. The van der Waals surface area contributed by atoms with Gasteiger partial charge in [0.15, 0.2) is 0 Å². The molecule has 0 radical (unpaired) electrons. The van der Waals surface area contributed by atoms with Crippen LogP contribution < -0.4 is 21.3 Å². The van der Waals surface area contributed by atoms with E-state index in [2.05, 4.69) is 33.8 Å². The molecule has 35 heavy (non-hydrogen) atoms. The highest BCUT2D eigenvalue weighted by Crippen LogP contribution is 2.09. The van der Waals surface area contributed by atoms with E-state index in [-0.39, 0.29) is 37.1 Å². The third kappa shape index (κ3) is 11.9. The van der Waals surface area contributed by atoms with Crippen LogP contribution in [0.15, 0.2) is 43.0 Å². The van der Waals surface area contributed by atoms with Gasteiger partial charge in [0.25, 0.3) is 0 Å². The Morgan fingerprint density at radius 1 is 0.971 bits per heavy atom. The third-order valence-corrected chi connectivity index (χ3v) is 5.17. The summed E-state index contributed by atoms with van der Waals surface area (Å²) in [7, 11) is 0. The number of carbonyl (C=O) groups excluding carboxylic acids is 4. The quantitative estimate of drug-likeness (QED) is 0.173. The molecule has 0 heterocycles. The largest absolute Gasteiger partial charge is 0.351 e. The topological polar surface area (TPSA) is 116 Å². The van der Waals surface area contributed by atoms with Crippen LogP contribution in [-0.4, -0.2) is 48.3 Å². The Bertz CT molecular complexity index is 892. The van der Waals surface area contributed by atoms with Crippen molar-refractivity contribution in [3.8, 4) is 12.3 Å². The highest BCUT2D eigenvalue weighted by atomic mass is 16.2. The van der Waals surface area contributed by atoms with Crippen LogP contribution in [0.3, 0.4) is 0 Å². The molecular formula is C27H38N4O4. The summed E-state index contributed by atoms with van der Waals surface area (Å²) in [4.78, 5) is 50.8. The van der Waals surface area contributed by atoms with E-state index in [1.165, 1.54) is 0 Å². The van der Waals surface area contributed by atoms with Gasteiger partial charge in [0, 0.05) is 25.8 Å². The summed E-state index contributed by atoms with van der Waals surface area (Å²) >= 11 is 0. The van der Waals surface area contributed by atoms with Crippen molar-refractivity contribution in [1.82, 2.24) is 21.3 Å². The average Bonchev–Trinajstić information content (AvgIpc) is 2.82. The summed E-state index contributed by atoms with van der Waals surface area (Å²) in [6.07, 6.45) is 8.63. The molecule has 4 N–H and O–H groups in total. The van der Waals surface area contributed by atoms with Crippen LogP contribution in [0.5, 0.6) is 0 Å². The smallest absolute Gasteiger partial charge is 0.243 e. The van der Waals surface area contributed by atoms with Gasteiger partial charge >= 0.3 is 0 Å². The van der Waals surface area contributed by atoms with E-state index in [1.54, 1.807) is 13.0 Å². The van der Waals surface area contributed by atoms with Gasteiger partial charge in [0.2, 0.25) is 23.6 Å². The molecule has 0 aromatic heterocycles. The van der Waals surface area contributed by atoms with Crippen LogP contribution in [0.2, 0.25) is 0 Å². The first-order valence-electron chi connectivity index (χ1n) is 11.9. The highest BCUT2D eigenvalue weighted by Gasteiger charge is 2.29. The lowest BCUT2D eigenvalue weighted by atomic mass is 10.0. The van der Waals surface area contributed by atoms with Gasteiger partial charge in [0.05, 0.1) is 0 Å². The fourth-order valence-electron chi connectivity index (χ4n) is 3.36. The summed E-state index contributed by atoms with van der Waals surface area (Å²) in [5.74, 6) is 1.02. The second-order valence-electron chi connectivity index (χ2n) is 8.82. The molecule has 0 saturated carbocycles. The highest BCUT2D eigenvalue weighted by molar-refractivity contribution is 5.94. The molecule has 3 atom stereocenters. The van der Waals surface area contributed by atoms with Crippen LogP contribution in [-0.2, 0) is 25.6 Å². The molecule has 0 aliphatic carbocycles. The monoisotopic (exact) mass is 482 g/mol. The van der Waals surface area contributed by atoms with E-state index in [1.807, 2.05) is 44.2 Å². The normalized spacial score (nSPS) is 13.0. The maximum absolute atomic E-state index is 13.2. The van der Waals surface area contributed by atoms with Crippen molar-refractivity contribution < 1.29 is 19.2 Å². The van der Waals surface area contributed by atoms with Gasteiger partial charge in [-0.25, -0.2) is 0 Å². The zero-order chi connectivity index (χ0) is 26.2. The van der Waals surface area contributed by atoms with E-state index >= 15 is 0 Å². The number of unbranched alkanes of at least 4 members (excludes halogenated alkanes) is 1. The van der Waals surface area contributed by atoms with Gasteiger partial charge in [0.1, 0.15) is 18.1 Å². The van der Waals surface area contributed by atoms with Crippen LogP contribution in [0.1, 0.15) is 52.0 Å². The standard InChI is InChI=1S/C27H38N4O4/c1-6-8-10-15-24(32)30-23(18-21-13-11-9-12-14-21)27(35)31-22(17-19(3)4)26(34)29-20(5)25(33)28-16-7-2/h1,7,9,11-14,19-20,22-23H,2,8,10,15-18H2,3-5H3,(H,28,33)(H,29,34)(H,30,32)(H,31,35)/t20-,22-,23-/m0/s1. The molecule has 190 valence electrons. The van der Waals surface area contributed by atoms with E-state index < -0.39 is 29.9 Å². The summed E-state index contributed by atoms with van der Waals surface area (Å²) in [5.41, 5.74) is 0.869. The number of benzene rings is 1. The molecule has 1 rings (SSSR count). The third-order valence-electron chi connectivity index (χ3n) is 5.17. The van der Waals surface area contributed by atoms with E-state index in [0.717, 1.165) is 5.56 Å². The molecule has 1 aromatic rings. The second kappa shape index (κ2) is 16.1. The van der Waals surface area contributed by atoms with Crippen molar-refractivity contribution in [2.75, 3.05) is 6.54 Å². The number of nitrogens with one attached hydrogen (secondary N) is 4. The van der Waals surface area contributed by atoms with Crippen LogP contribution in [0.25, 0.3) is 0 Å². The molecule has 4 amide bonds. The lowest BCUT2D eigenvalue weighted by Gasteiger charge is -2.25. The minimum atomic E-state index is -0.869. The van der Waals surface area contributed by atoms with E-state index in [4.69, 9.17) is 6.42 Å². The first-order chi connectivity index (χ1) is 16.7. The summed E-state index contributed by atoms with van der Waals surface area (Å²) < 4.78 is 0. The van der Waals surface area contributed by atoms with Gasteiger partial charge in [-0.3, -0.25) is 19.2 Å². The SMILES string of the molecule is C#CCCCC(=O)N[C@@H](Cc1ccccc1)C(=O)N[C@@H](CC(C)C)C(=O)N[C@@H](C)C(=O)NCC=C.